The fraction of sp³-hybridized carbons (Fsp3) is 0.478. The van der Waals surface area contributed by atoms with Crippen molar-refractivity contribution in [2.45, 2.75) is 45.8 Å². The lowest BCUT2D eigenvalue weighted by atomic mass is 9.95. The van der Waals surface area contributed by atoms with Crippen LogP contribution in [-0.2, 0) is 17.9 Å². The summed E-state index contributed by atoms with van der Waals surface area (Å²) >= 11 is 0. The Kier molecular flexibility index (Phi) is 6.89. The number of ether oxygens (including phenoxy) is 2. The normalized spacial score (nSPS) is 15.3. The first-order chi connectivity index (χ1) is 15.2. The minimum Gasteiger partial charge on any atom is -0.496 e. The summed E-state index contributed by atoms with van der Waals surface area (Å²) in [6.45, 7) is 8.05. The maximum absolute atomic E-state index is 5.59. The molecule has 0 atom stereocenters. The topological polar surface area (TPSA) is 86.4 Å². The molecule has 3 aromatic rings. The smallest absolute Gasteiger partial charge is 0.278 e. The van der Waals surface area contributed by atoms with Crippen LogP contribution >= 0.6 is 0 Å². The van der Waals surface area contributed by atoms with Crippen LogP contribution < -0.4 is 4.74 Å². The Morgan fingerprint density at radius 1 is 1.16 bits per heavy atom. The van der Waals surface area contributed by atoms with E-state index in [2.05, 4.69) is 37.1 Å². The predicted molar refractivity (Wildman–Crippen MR) is 116 cm³/mol. The van der Waals surface area contributed by atoms with Gasteiger partial charge in [0.25, 0.3) is 5.89 Å². The lowest BCUT2D eigenvalue weighted by molar-refractivity contribution is 0.131. The molecule has 164 valence electrons. The van der Waals surface area contributed by atoms with E-state index in [1.54, 1.807) is 19.5 Å². The van der Waals surface area contributed by atoms with E-state index in [0.717, 1.165) is 55.3 Å². The van der Waals surface area contributed by atoms with Gasteiger partial charge in [0.2, 0.25) is 0 Å². The van der Waals surface area contributed by atoms with Crippen LogP contribution in [0, 0.1) is 6.92 Å². The molecular formula is C23H29N5O3. The number of nitrogens with zero attached hydrogens (tertiary/aromatic N) is 5. The van der Waals surface area contributed by atoms with Crippen LogP contribution in [0.5, 0.6) is 5.75 Å². The summed E-state index contributed by atoms with van der Waals surface area (Å²) in [5.41, 5.74) is 3.84. The summed E-state index contributed by atoms with van der Waals surface area (Å²) in [4.78, 5) is 15.6. The molecule has 0 N–H and O–H groups in total. The maximum Gasteiger partial charge on any atom is 0.278 e. The quantitative estimate of drug-likeness (QED) is 0.541. The Balaban J connectivity index is 1.34. The van der Waals surface area contributed by atoms with Gasteiger partial charge in [-0.05, 0) is 57.5 Å². The lowest BCUT2D eigenvalue weighted by Crippen LogP contribution is -2.32. The van der Waals surface area contributed by atoms with Gasteiger partial charge >= 0.3 is 0 Å². The van der Waals surface area contributed by atoms with Gasteiger partial charge in [-0.15, -0.1) is 0 Å². The second-order valence-electron chi connectivity index (χ2n) is 7.83. The van der Waals surface area contributed by atoms with E-state index >= 15 is 0 Å². The van der Waals surface area contributed by atoms with Gasteiger partial charge in [0.1, 0.15) is 11.4 Å². The van der Waals surface area contributed by atoms with E-state index in [-0.39, 0.29) is 0 Å². The van der Waals surface area contributed by atoms with Crippen molar-refractivity contribution >= 4 is 0 Å². The van der Waals surface area contributed by atoms with Crippen molar-refractivity contribution in [2.75, 3.05) is 26.8 Å². The van der Waals surface area contributed by atoms with Crippen molar-refractivity contribution in [3.05, 3.63) is 53.2 Å². The molecule has 1 aromatic carbocycles. The molecule has 8 heteroatoms. The molecule has 1 aliphatic heterocycles. The molecule has 2 aromatic heterocycles. The number of hydrogen-bond acceptors (Lipinski definition) is 8. The van der Waals surface area contributed by atoms with Gasteiger partial charge in [-0.2, -0.15) is 4.98 Å². The molecule has 0 unspecified atom stereocenters. The van der Waals surface area contributed by atoms with Gasteiger partial charge in [-0.3, -0.25) is 9.88 Å². The van der Waals surface area contributed by atoms with Gasteiger partial charge in [0.05, 0.1) is 25.6 Å². The minimum atomic E-state index is 0.302. The summed E-state index contributed by atoms with van der Waals surface area (Å²) in [5.74, 6) is 2.38. The molecule has 1 fully saturated rings. The van der Waals surface area contributed by atoms with E-state index in [1.807, 2.05) is 19.9 Å². The third kappa shape index (κ3) is 5.26. The summed E-state index contributed by atoms with van der Waals surface area (Å²) in [7, 11) is 1.70. The predicted octanol–water partition coefficient (Wildman–Crippen LogP) is 3.76. The fourth-order valence-electron chi connectivity index (χ4n) is 3.87. The second kappa shape index (κ2) is 9.98. The number of benzene rings is 1. The van der Waals surface area contributed by atoms with Crippen LogP contribution in [0.4, 0.5) is 0 Å². The van der Waals surface area contributed by atoms with Crippen LogP contribution in [-0.4, -0.2) is 51.8 Å². The number of methoxy groups -OCH3 is 1. The van der Waals surface area contributed by atoms with Gasteiger partial charge in [-0.25, -0.2) is 4.98 Å². The monoisotopic (exact) mass is 423 g/mol. The third-order valence-electron chi connectivity index (χ3n) is 5.61. The number of hydrogen-bond donors (Lipinski definition) is 0. The zero-order valence-corrected chi connectivity index (χ0v) is 18.4. The minimum absolute atomic E-state index is 0.302. The fourth-order valence-corrected chi connectivity index (χ4v) is 3.87. The zero-order chi connectivity index (χ0) is 21.6. The highest BCUT2D eigenvalue weighted by Crippen LogP contribution is 2.29. The SMILES string of the molecule is CCOCc1cc(CN2CCC(c3noc(-c4cnc(C)cn4)n3)CC2)ccc1OC. The highest BCUT2D eigenvalue weighted by atomic mass is 16.5. The average Bonchev–Trinajstić information content (AvgIpc) is 3.29. The molecule has 0 aliphatic carbocycles. The van der Waals surface area contributed by atoms with Crippen LogP contribution in [0.15, 0.2) is 35.1 Å². The lowest BCUT2D eigenvalue weighted by Gasteiger charge is -2.30. The highest BCUT2D eigenvalue weighted by molar-refractivity contribution is 5.44. The average molecular weight is 424 g/mol. The van der Waals surface area contributed by atoms with E-state index < -0.39 is 0 Å². The zero-order valence-electron chi connectivity index (χ0n) is 18.4. The van der Waals surface area contributed by atoms with Crippen LogP contribution in [0.1, 0.15) is 48.3 Å². The maximum atomic E-state index is 5.59. The number of rotatable bonds is 8. The summed E-state index contributed by atoms with van der Waals surface area (Å²) in [6.07, 6.45) is 5.38. The summed E-state index contributed by atoms with van der Waals surface area (Å²) in [5, 5.41) is 4.21. The Bertz CT molecular complexity index is 981. The van der Waals surface area contributed by atoms with E-state index in [0.29, 0.717) is 30.7 Å². The largest absolute Gasteiger partial charge is 0.496 e. The van der Waals surface area contributed by atoms with Crippen LogP contribution in [0.25, 0.3) is 11.6 Å². The molecular weight excluding hydrogens is 394 g/mol. The molecule has 0 saturated carbocycles. The van der Waals surface area contributed by atoms with Gasteiger partial charge in [0.15, 0.2) is 5.82 Å². The Hall–Kier alpha value is -2.84. The van der Waals surface area contributed by atoms with Crippen molar-refractivity contribution in [3.63, 3.8) is 0 Å². The Morgan fingerprint density at radius 3 is 2.71 bits per heavy atom. The molecule has 4 rings (SSSR count). The van der Waals surface area contributed by atoms with E-state index in [9.17, 15) is 0 Å². The van der Waals surface area contributed by atoms with Crippen molar-refractivity contribution in [1.29, 1.82) is 0 Å². The number of aryl methyl sites for hydroxylation is 1. The standard InChI is InChI=1S/C23H29N5O3/c1-4-30-15-19-11-17(5-6-21(19)29-3)14-28-9-7-18(8-10-28)22-26-23(31-27-22)20-13-24-16(2)12-25-20/h5-6,11-13,18H,4,7-10,14-15H2,1-3H3. The molecule has 0 radical (unpaired) electrons. The van der Waals surface area contributed by atoms with E-state index in [1.165, 1.54) is 5.56 Å². The van der Waals surface area contributed by atoms with E-state index in [4.69, 9.17) is 14.0 Å². The first-order valence-corrected chi connectivity index (χ1v) is 10.7. The number of aromatic nitrogens is 4. The molecule has 0 spiro atoms. The van der Waals surface area contributed by atoms with Gasteiger partial charge in [-0.1, -0.05) is 11.2 Å². The van der Waals surface area contributed by atoms with Gasteiger partial charge in [0, 0.05) is 30.8 Å². The van der Waals surface area contributed by atoms with Crippen molar-refractivity contribution in [1.82, 2.24) is 25.0 Å². The summed E-state index contributed by atoms with van der Waals surface area (Å²) in [6, 6.07) is 6.36. The first kappa shape index (κ1) is 21.4. The Labute approximate surface area is 182 Å². The van der Waals surface area contributed by atoms with Gasteiger partial charge < -0.3 is 14.0 Å². The molecule has 1 saturated heterocycles. The van der Waals surface area contributed by atoms with Crippen LogP contribution in [0.2, 0.25) is 0 Å². The molecule has 1 aliphatic rings. The molecule has 8 nitrogen and oxygen atoms in total. The highest BCUT2D eigenvalue weighted by Gasteiger charge is 2.25. The Morgan fingerprint density at radius 2 is 2.00 bits per heavy atom. The molecule has 3 heterocycles. The number of likely N-dealkylation sites (tertiary alicyclic amines) is 1. The van der Waals surface area contributed by atoms with Crippen molar-refractivity contribution in [2.24, 2.45) is 0 Å². The molecule has 0 amide bonds. The number of piperidine rings is 1. The third-order valence-corrected chi connectivity index (χ3v) is 5.61. The van der Waals surface area contributed by atoms with Crippen molar-refractivity contribution < 1.29 is 14.0 Å². The molecule has 0 bridgehead atoms. The van der Waals surface area contributed by atoms with Crippen LogP contribution in [0.3, 0.4) is 0 Å². The summed E-state index contributed by atoms with van der Waals surface area (Å²) < 4.78 is 16.5. The molecule has 31 heavy (non-hydrogen) atoms. The second-order valence-corrected chi connectivity index (χ2v) is 7.83. The van der Waals surface area contributed by atoms with Crippen molar-refractivity contribution in [3.8, 4) is 17.3 Å². The first-order valence-electron chi connectivity index (χ1n) is 10.7.